The maximum Gasteiger partial charge on any atom is 0.119 e. The van der Waals surface area contributed by atoms with Crippen LogP contribution in [-0.4, -0.2) is 10.2 Å². The summed E-state index contributed by atoms with van der Waals surface area (Å²) in [6.45, 7) is 22.3. The first-order chi connectivity index (χ1) is 20.9. The van der Waals surface area contributed by atoms with Crippen LogP contribution in [0, 0.1) is 5.41 Å². The molecule has 0 saturated heterocycles. The van der Waals surface area contributed by atoms with E-state index >= 15 is 0 Å². The van der Waals surface area contributed by atoms with Crippen LogP contribution in [0.3, 0.4) is 0 Å². The van der Waals surface area contributed by atoms with Gasteiger partial charge in [-0.15, -0.1) is 0 Å². The van der Waals surface area contributed by atoms with E-state index in [4.69, 9.17) is 0 Å². The first kappa shape index (κ1) is 32.4. The zero-order valence-electron chi connectivity index (χ0n) is 28.8. The maximum absolute atomic E-state index is 11.4. The van der Waals surface area contributed by atoms with Gasteiger partial charge >= 0.3 is 0 Å². The molecule has 2 nitrogen and oxygen atoms in total. The highest BCUT2D eigenvalue weighted by atomic mass is 16.3. The second-order valence-corrected chi connectivity index (χ2v) is 16.0. The molecular weight excluding hydrogens is 548 g/mol. The Morgan fingerprint density at radius 1 is 0.467 bits per heavy atom. The van der Waals surface area contributed by atoms with Crippen molar-refractivity contribution in [2.75, 3.05) is 0 Å². The van der Waals surface area contributed by atoms with Crippen LogP contribution < -0.4 is 0 Å². The SMILES string of the molecule is CC(C)(C)c1cc(C(C)(C)c2cccc(C(C)(C)c3ccc(O)c(C(c4cccc5ccccc45)C(C)(C)C)c3)c2)ccc1O. The number of hydrogen-bond donors (Lipinski definition) is 2. The largest absolute Gasteiger partial charge is 0.508 e. The highest BCUT2D eigenvalue weighted by Crippen LogP contribution is 2.48. The average Bonchev–Trinajstić information content (AvgIpc) is 2.97. The number of aromatic hydroxyl groups is 2. The molecule has 234 valence electrons. The Kier molecular flexibility index (Phi) is 8.19. The van der Waals surface area contributed by atoms with Gasteiger partial charge in [0.1, 0.15) is 11.5 Å². The summed E-state index contributed by atoms with van der Waals surface area (Å²) >= 11 is 0. The van der Waals surface area contributed by atoms with E-state index in [1.165, 1.54) is 38.6 Å². The van der Waals surface area contributed by atoms with Crippen molar-refractivity contribution in [1.29, 1.82) is 0 Å². The van der Waals surface area contributed by atoms with Crippen LogP contribution in [0.25, 0.3) is 10.8 Å². The molecule has 2 N–H and O–H groups in total. The molecule has 5 aromatic rings. The topological polar surface area (TPSA) is 40.5 Å². The van der Waals surface area contributed by atoms with Crippen molar-refractivity contribution in [3.8, 4) is 11.5 Å². The Bertz CT molecular complexity index is 1840. The summed E-state index contributed by atoms with van der Waals surface area (Å²) in [5, 5.41) is 24.5. The Morgan fingerprint density at radius 2 is 0.978 bits per heavy atom. The smallest absolute Gasteiger partial charge is 0.119 e. The summed E-state index contributed by atoms with van der Waals surface area (Å²) < 4.78 is 0. The lowest BCUT2D eigenvalue weighted by atomic mass is 9.69. The van der Waals surface area contributed by atoms with Gasteiger partial charge in [-0.05, 0) is 67.1 Å². The number of hydrogen-bond acceptors (Lipinski definition) is 2. The number of benzene rings is 5. The van der Waals surface area contributed by atoms with Gasteiger partial charge in [0, 0.05) is 22.3 Å². The number of rotatable bonds is 6. The quantitative estimate of drug-likeness (QED) is 0.204. The molecular formula is C43H50O2. The van der Waals surface area contributed by atoms with Crippen molar-refractivity contribution in [3.05, 3.63) is 142 Å². The van der Waals surface area contributed by atoms with Crippen LogP contribution in [0.4, 0.5) is 0 Å². The number of phenolic OH excluding ortho intramolecular Hbond substituents is 2. The molecule has 1 atom stereocenters. The highest BCUT2D eigenvalue weighted by molar-refractivity contribution is 5.86. The minimum atomic E-state index is -0.318. The van der Waals surface area contributed by atoms with Crippen molar-refractivity contribution in [2.24, 2.45) is 5.41 Å². The van der Waals surface area contributed by atoms with Crippen molar-refractivity contribution in [3.63, 3.8) is 0 Å². The van der Waals surface area contributed by atoms with Crippen LogP contribution in [0.15, 0.2) is 103 Å². The maximum atomic E-state index is 11.4. The number of phenols is 2. The molecule has 0 radical (unpaired) electrons. The monoisotopic (exact) mass is 598 g/mol. The lowest BCUT2D eigenvalue weighted by molar-refractivity contribution is 0.348. The van der Waals surface area contributed by atoms with Gasteiger partial charge < -0.3 is 10.2 Å². The van der Waals surface area contributed by atoms with Gasteiger partial charge in [0.25, 0.3) is 0 Å². The lowest BCUT2D eigenvalue weighted by Gasteiger charge is -2.35. The van der Waals surface area contributed by atoms with E-state index in [9.17, 15) is 10.2 Å². The van der Waals surface area contributed by atoms with Gasteiger partial charge in [0.15, 0.2) is 0 Å². The van der Waals surface area contributed by atoms with Gasteiger partial charge in [-0.1, -0.05) is 160 Å². The Hall–Kier alpha value is -4.04. The minimum absolute atomic E-state index is 0.00359. The summed E-state index contributed by atoms with van der Waals surface area (Å²) in [4.78, 5) is 0. The second-order valence-electron chi connectivity index (χ2n) is 16.0. The fourth-order valence-corrected chi connectivity index (χ4v) is 6.93. The van der Waals surface area contributed by atoms with E-state index in [0.717, 1.165) is 11.1 Å². The summed E-state index contributed by atoms with van der Waals surface area (Å²) in [5.74, 6) is 0.674. The highest BCUT2D eigenvalue weighted by Gasteiger charge is 2.34. The zero-order valence-corrected chi connectivity index (χ0v) is 28.8. The zero-order chi connectivity index (χ0) is 32.9. The standard InChI is InChI=1S/C43H50O2/c1-40(2,3)36-27-32(22-24-38(36)45)43(9,10)30-18-14-17-29(25-30)42(7,8)31-21-23-37(44)35(26-31)39(41(4,5)6)34-20-13-16-28-15-11-12-19-33(28)34/h11-27,39,44-45H,1-10H3. The van der Waals surface area contributed by atoms with E-state index in [1.54, 1.807) is 0 Å². The third-order valence-corrected chi connectivity index (χ3v) is 9.89. The van der Waals surface area contributed by atoms with Crippen LogP contribution in [0.1, 0.15) is 114 Å². The van der Waals surface area contributed by atoms with Gasteiger partial charge in [0.05, 0.1) is 0 Å². The number of fused-ring (bicyclic) bond motifs is 1. The van der Waals surface area contributed by atoms with Crippen molar-refractivity contribution >= 4 is 10.8 Å². The average molecular weight is 599 g/mol. The van der Waals surface area contributed by atoms with Crippen molar-refractivity contribution in [2.45, 2.75) is 91.4 Å². The van der Waals surface area contributed by atoms with Crippen LogP contribution in [0.5, 0.6) is 11.5 Å². The molecule has 0 aliphatic heterocycles. The molecule has 0 heterocycles. The molecule has 5 aromatic carbocycles. The van der Waals surface area contributed by atoms with E-state index in [2.05, 4.69) is 160 Å². The normalized spacial score (nSPS) is 13.6. The minimum Gasteiger partial charge on any atom is -0.508 e. The van der Waals surface area contributed by atoms with Gasteiger partial charge in [-0.2, -0.15) is 0 Å². The fraction of sp³-hybridized carbons (Fsp3) is 0.349. The molecule has 1 unspecified atom stereocenters. The summed E-state index contributed by atoms with van der Waals surface area (Å²) in [6.07, 6.45) is 0. The summed E-state index contributed by atoms with van der Waals surface area (Å²) in [5.41, 5.74) is 7.05. The van der Waals surface area contributed by atoms with E-state index in [-0.39, 0.29) is 27.6 Å². The first-order valence-corrected chi connectivity index (χ1v) is 16.2. The molecule has 0 aliphatic rings. The third kappa shape index (κ3) is 6.12. The van der Waals surface area contributed by atoms with Gasteiger partial charge in [-0.3, -0.25) is 0 Å². The molecule has 0 spiro atoms. The van der Waals surface area contributed by atoms with E-state index in [0.29, 0.717) is 11.5 Å². The molecule has 2 heteroatoms. The van der Waals surface area contributed by atoms with Crippen LogP contribution in [-0.2, 0) is 16.2 Å². The fourth-order valence-electron chi connectivity index (χ4n) is 6.93. The predicted molar refractivity (Wildman–Crippen MR) is 191 cm³/mol. The summed E-state index contributed by atoms with van der Waals surface area (Å²) in [7, 11) is 0. The molecule has 0 amide bonds. The van der Waals surface area contributed by atoms with E-state index < -0.39 is 0 Å². The van der Waals surface area contributed by atoms with Crippen LogP contribution in [0.2, 0.25) is 0 Å². The molecule has 0 aliphatic carbocycles. The van der Waals surface area contributed by atoms with Gasteiger partial charge in [-0.25, -0.2) is 0 Å². The Balaban J connectivity index is 1.60. The first-order valence-electron chi connectivity index (χ1n) is 16.2. The molecule has 5 rings (SSSR count). The Morgan fingerprint density at radius 3 is 1.58 bits per heavy atom. The third-order valence-electron chi connectivity index (χ3n) is 9.89. The predicted octanol–water partition coefficient (Wildman–Crippen LogP) is 11.4. The van der Waals surface area contributed by atoms with Crippen molar-refractivity contribution in [1.82, 2.24) is 0 Å². The molecule has 0 bridgehead atoms. The Labute approximate surface area is 270 Å². The van der Waals surface area contributed by atoms with E-state index in [1.807, 2.05) is 12.1 Å². The van der Waals surface area contributed by atoms with Crippen molar-refractivity contribution < 1.29 is 10.2 Å². The molecule has 0 fully saturated rings. The van der Waals surface area contributed by atoms with Crippen LogP contribution >= 0.6 is 0 Å². The molecule has 0 saturated carbocycles. The van der Waals surface area contributed by atoms with Gasteiger partial charge in [0.2, 0.25) is 0 Å². The second kappa shape index (κ2) is 11.4. The molecule has 0 aromatic heterocycles. The summed E-state index contributed by atoms with van der Waals surface area (Å²) in [6, 6.07) is 36.2. The lowest BCUT2D eigenvalue weighted by Crippen LogP contribution is -2.24. The molecule has 45 heavy (non-hydrogen) atoms.